The first-order valence-corrected chi connectivity index (χ1v) is 5.05. The molecular formula is C12H16F3N. The molecule has 1 atom stereocenters. The standard InChI is InChI=1S/C12H16F3N/c1-11(2,3)10(16)8-4-6-9(7-5-8)12(13,14)15/h4-7,10H,16H2,1-3H3. The van der Waals surface area contributed by atoms with Crippen LogP contribution in [0.1, 0.15) is 37.9 Å². The van der Waals surface area contributed by atoms with E-state index < -0.39 is 11.7 Å². The minimum atomic E-state index is -4.29. The van der Waals surface area contributed by atoms with E-state index in [1.807, 2.05) is 20.8 Å². The summed E-state index contributed by atoms with van der Waals surface area (Å²) < 4.78 is 37.0. The minimum absolute atomic E-state index is 0.167. The van der Waals surface area contributed by atoms with Gasteiger partial charge in [-0.05, 0) is 23.1 Å². The monoisotopic (exact) mass is 231 g/mol. The topological polar surface area (TPSA) is 26.0 Å². The van der Waals surface area contributed by atoms with Gasteiger partial charge in [-0.25, -0.2) is 0 Å². The van der Waals surface area contributed by atoms with Crippen LogP contribution in [0.3, 0.4) is 0 Å². The zero-order valence-electron chi connectivity index (χ0n) is 9.60. The van der Waals surface area contributed by atoms with Gasteiger partial charge in [0, 0.05) is 6.04 Å². The van der Waals surface area contributed by atoms with Crippen molar-refractivity contribution in [1.29, 1.82) is 0 Å². The average molecular weight is 231 g/mol. The zero-order chi connectivity index (χ0) is 12.6. The molecule has 0 aromatic heterocycles. The summed E-state index contributed by atoms with van der Waals surface area (Å²) in [6.07, 6.45) is -4.29. The molecule has 0 amide bonds. The molecular weight excluding hydrogens is 215 g/mol. The summed E-state index contributed by atoms with van der Waals surface area (Å²) in [4.78, 5) is 0. The van der Waals surface area contributed by atoms with E-state index in [-0.39, 0.29) is 11.5 Å². The smallest absolute Gasteiger partial charge is 0.324 e. The molecule has 0 radical (unpaired) electrons. The van der Waals surface area contributed by atoms with Crippen LogP contribution in [0.25, 0.3) is 0 Å². The number of benzene rings is 1. The highest BCUT2D eigenvalue weighted by Gasteiger charge is 2.30. The second-order valence-corrected chi connectivity index (χ2v) is 4.96. The Morgan fingerprint density at radius 1 is 1.00 bits per heavy atom. The molecule has 0 aliphatic rings. The van der Waals surface area contributed by atoms with Crippen molar-refractivity contribution in [2.24, 2.45) is 11.1 Å². The van der Waals surface area contributed by atoms with E-state index in [9.17, 15) is 13.2 Å². The third-order valence-electron chi connectivity index (χ3n) is 2.53. The van der Waals surface area contributed by atoms with Gasteiger partial charge in [-0.3, -0.25) is 0 Å². The van der Waals surface area contributed by atoms with Crippen LogP contribution in [0.15, 0.2) is 24.3 Å². The fraction of sp³-hybridized carbons (Fsp3) is 0.500. The van der Waals surface area contributed by atoms with Gasteiger partial charge < -0.3 is 5.73 Å². The number of rotatable bonds is 1. The Labute approximate surface area is 93.5 Å². The Bertz CT molecular complexity index is 346. The normalized spacial score (nSPS) is 14.9. The van der Waals surface area contributed by atoms with Gasteiger partial charge in [0.25, 0.3) is 0 Å². The summed E-state index contributed by atoms with van der Waals surface area (Å²) in [6, 6.07) is 4.76. The van der Waals surface area contributed by atoms with E-state index in [4.69, 9.17) is 5.73 Å². The van der Waals surface area contributed by atoms with Gasteiger partial charge in [0.1, 0.15) is 0 Å². The van der Waals surface area contributed by atoms with Gasteiger partial charge in [-0.15, -0.1) is 0 Å². The Morgan fingerprint density at radius 2 is 1.44 bits per heavy atom. The summed E-state index contributed by atoms with van der Waals surface area (Å²) >= 11 is 0. The summed E-state index contributed by atoms with van der Waals surface area (Å²) in [5.74, 6) is 0. The van der Waals surface area contributed by atoms with E-state index in [0.29, 0.717) is 0 Å². The van der Waals surface area contributed by atoms with Crippen LogP contribution in [0.5, 0.6) is 0 Å². The van der Waals surface area contributed by atoms with E-state index in [1.54, 1.807) is 0 Å². The van der Waals surface area contributed by atoms with E-state index in [1.165, 1.54) is 12.1 Å². The van der Waals surface area contributed by atoms with Crippen LogP contribution in [0.4, 0.5) is 13.2 Å². The van der Waals surface area contributed by atoms with Crippen molar-refractivity contribution in [2.75, 3.05) is 0 Å². The maximum Gasteiger partial charge on any atom is 0.416 e. The van der Waals surface area contributed by atoms with Crippen LogP contribution >= 0.6 is 0 Å². The fourth-order valence-electron chi connectivity index (χ4n) is 1.38. The van der Waals surface area contributed by atoms with Crippen LogP contribution in [-0.2, 0) is 6.18 Å². The number of hydrogen-bond donors (Lipinski definition) is 1. The van der Waals surface area contributed by atoms with Crippen molar-refractivity contribution in [3.63, 3.8) is 0 Å². The number of alkyl halides is 3. The summed E-state index contributed by atoms with van der Waals surface area (Å²) in [5, 5.41) is 0. The minimum Gasteiger partial charge on any atom is -0.324 e. The van der Waals surface area contributed by atoms with Gasteiger partial charge >= 0.3 is 6.18 Å². The maximum atomic E-state index is 12.3. The number of nitrogens with two attached hydrogens (primary N) is 1. The predicted molar refractivity (Wildman–Crippen MR) is 57.8 cm³/mol. The molecule has 0 heterocycles. The first kappa shape index (κ1) is 13.0. The van der Waals surface area contributed by atoms with Crippen molar-refractivity contribution in [1.82, 2.24) is 0 Å². The van der Waals surface area contributed by atoms with Gasteiger partial charge in [0.2, 0.25) is 0 Å². The molecule has 90 valence electrons. The van der Waals surface area contributed by atoms with Crippen molar-refractivity contribution in [3.8, 4) is 0 Å². The molecule has 16 heavy (non-hydrogen) atoms. The highest BCUT2D eigenvalue weighted by molar-refractivity contribution is 5.27. The van der Waals surface area contributed by atoms with Crippen molar-refractivity contribution in [2.45, 2.75) is 33.0 Å². The lowest BCUT2D eigenvalue weighted by Gasteiger charge is -2.27. The van der Waals surface area contributed by atoms with Crippen LogP contribution < -0.4 is 5.73 Å². The Kier molecular flexibility index (Phi) is 3.33. The van der Waals surface area contributed by atoms with Crippen molar-refractivity contribution < 1.29 is 13.2 Å². The second kappa shape index (κ2) is 4.09. The van der Waals surface area contributed by atoms with E-state index >= 15 is 0 Å². The molecule has 0 aliphatic heterocycles. The highest BCUT2D eigenvalue weighted by atomic mass is 19.4. The Balaban J connectivity index is 2.96. The average Bonchev–Trinajstić information content (AvgIpc) is 2.14. The number of halogens is 3. The molecule has 0 fully saturated rings. The molecule has 0 spiro atoms. The SMILES string of the molecule is CC(C)(C)C(N)c1ccc(C(F)(F)F)cc1. The van der Waals surface area contributed by atoms with Gasteiger partial charge in [0.05, 0.1) is 5.56 Å². The lowest BCUT2D eigenvalue weighted by Crippen LogP contribution is -2.26. The van der Waals surface area contributed by atoms with Crippen molar-refractivity contribution in [3.05, 3.63) is 35.4 Å². The lowest BCUT2D eigenvalue weighted by atomic mass is 9.83. The molecule has 0 saturated heterocycles. The van der Waals surface area contributed by atoms with Crippen LogP contribution in [0, 0.1) is 5.41 Å². The summed E-state index contributed by atoms with van der Waals surface area (Å²) in [7, 11) is 0. The lowest BCUT2D eigenvalue weighted by molar-refractivity contribution is -0.137. The largest absolute Gasteiger partial charge is 0.416 e. The van der Waals surface area contributed by atoms with Crippen LogP contribution in [0.2, 0.25) is 0 Å². The van der Waals surface area contributed by atoms with Crippen molar-refractivity contribution >= 4 is 0 Å². The van der Waals surface area contributed by atoms with E-state index in [0.717, 1.165) is 17.7 Å². The molecule has 1 rings (SSSR count). The predicted octanol–water partition coefficient (Wildman–Crippen LogP) is 3.75. The van der Waals surface area contributed by atoms with Gasteiger partial charge in [-0.2, -0.15) is 13.2 Å². The molecule has 0 bridgehead atoms. The molecule has 1 nitrogen and oxygen atoms in total. The van der Waals surface area contributed by atoms with Gasteiger partial charge in [-0.1, -0.05) is 32.9 Å². The third kappa shape index (κ3) is 2.98. The Morgan fingerprint density at radius 3 is 1.75 bits per heavy atom. The molecule has 1 aromatic carbocycles. The highest BCUT2D eigenvalue weighted by Crippen LogP contribution is 2.33. The third-order valence-corrected chi connectivity index (χ3v) is 2.53. The molecule has 0 aliphatic carbocycles. The fourth-order valence-corrected chi connectivity index (χ4v) is 1.38. The maximum absolute atomic E-state index is 12.3. The zero-order valence-corrected chi connectivity index (χ0v) is 9.60. The second-order valence-electron chi connectivity index (χ2n) is 4.96. The first-order chi connectivity index (χ1) is 7.12. The van der Waals surface area contributed by atoms with Gasteiger partial charge in [0.15, 0.2) is 0 Å². The molecule has 1 aromatic rings. The molecule has 4 heteroatoms. The summed E-state index contributed by atoms with van der Waals surface area (Å²) in [5.41, 5.74) is 5.86. The quantitative estimate of drug-likeness (QED) is 0.782. The Hall–Kier alpha value is -1.03. The van der Waals surface area contributed by atoms with E-state index in [2.05, 4.69) is 0 Å². The summed E-state index contributed by atoms with van der Waals surface area (Å²) in [6.45, 7) is 5.86. The van der Waals surface area contributed by atoms with Crippen LogP contribution in [-0.4, -0.2) is 0 Å². The number of hydrogen-bond acceptors (Lipinski definition) is 1. The molecule has 1 unspecified atom stereocenters. The molecule has 0 saturated carbocycles. The first-order valence-electron chi connectivity index (χ1n) is 5.05. The molecule has 2 N–H and O–H groups in total.